The number of furan rings is 1. The van der Waals surface area contributed by atoms with E-state index >= 15 is 0 Å². The Kier molecular flexibility index (Phi) is 3.86. The highest BCUT2D eigenvalue weighted by Gasteiger charge is 2.21. The van der Waals surface area contributed by atoms with Crippen molar-refractivity contribution < 1.29 is 4.42 Å². The van der Waals surface area contributed by atoms with Crippen LogP contribution >= 0.6 is 11.6 Å². The zero-order chi connectivity index (χ0) is 12.3. The maximum Gasteiger partial charge on any atom is 0.198 e. The quantitative estimate of drug-likeness (QED) is 0.891. The first-order valence-electron chi connectivity index (χ1n) is 5.75. The number of nitrogens with one attached hydrogen (secondary N) is 1. The minimum Gasteiger partial charge on any atom is -0.453 e. The van der Waals surface area contributed by atoms with Crippen molar-refractivity contribution in [3.8, 4) is 0 Å². The second-order valence-corrected chi connectivity index (χ2v) is 4.06. The predicted molar refractivity (Wildman–Crippen MR) is 67.1 cm³/mol. The maximum atomic E-state index is 6.04. The van der Waals surface area contributed by atoms with Crippen LogP contribution in [0.5, 0.6) is 0 Å². The Labute approximate surface area is 106 Å². The molecule has 0 fully saturated rings. The number of imidazole rings is 1. The van der Waals surface area contributed by atoms with Crippen molar-refractivity contribution in [2.75, 3.05) is 6.54 Å². The second kappa shape index (κ2) is 5.38. The molecule has 2 aromatic rings. The van der Waals surface area contributed by atoms with Crippen molar-refractivity contribution in [3.63, 3.8) is 0 Å². The smallest absolute Gasteiger partial charge is 0.198 e. The van der Waals surface area contributed by atoms with Crippen LogP contribution in [0.2, 0.25) is 5.22 Å². The van der Waals surface area contributed by atoms with Gasteiger partial charge < -0.3 is 14.3 Å². The van der Waals surface area contributed by atoms with E-state index in [1.807, 2.05) is 12.3 Å². The van der Waals surface area contributed by atoms with E-state index in [1.165, 1.54) is 0 Å². The van der Waals surface area contributed by atoms with Gasteiger partial charge in [-0.3, -0.25) is 0 Å². The second-order valence-electron chi connectivity index (χ2n) is 3.71. The Morgan fingerprint density at radius 2 is 2.35 bits per heavy atom. The molecule has 1 N–H and O–H groups in total. The number of aromatic nitrogens is 2. The molecule has 0 bridgehead atoms. The topological polar surface area (TPSA) is 43.0 Å². The lowest BCUT2D eigenvalue weighted by Gasteiger charge is -2.17. The van der Waals surface area contributed by atoms with E-state index in [-0.39, 0.29) is 6.04 Å². The van der Waals surface area contributed by atoms with Crippen LogP contribution in [0.25, 0.3) is 0 Å². The number of halogens is 1. The van der Waals surface area contributed by atoms with Crippen LogP contribution < -0.4 is 5.32 Å². The van der Waals surface area contributed by atoms with Gasteiger partial charge in [0.2, 0.25) is 0 Å². The van der Waals surface area contributed by atoms with Gasteiger partial charge in [-0.15, -0.1) is 0 Å². The summed E-state index contributed by atoms with van der Waals surface area (Å²) in [5, 5.41) is 3.79. The fourth-order valence-corrected chi connectivity index (χ4v) is 2.13. The van der Waals surface area contributed by atoms with E-state index in [4.69, 9.17) is 16.0 Å². The summed E-state index contributed by atoms with van der Waals surface area (Å²) >= 11 is 6.04. The zero-order valence-electron chi connectivity index (χ0n) is 9.98. The van der Waals surface area contributed by atoms with Crippen molar-refractivity contribution in [3.05, 3.63) is 41.3 Å². The molecule has 0 aliphatic heterocycles. The first-order chi connectivity index (χ1) is 8.27. The van der Waals surface area contributed by atoms with Crippen molar-refractivity contribution in [1.29, 1.82) is 0 Å². The molecular formula is C12H16ClN3O. The van der Waals surface area contributed by atoms with Crippen molar-refractivity contribution in [1.82, 2.24) is 14.9 Å². The molecule has 0 amide bonds. The van der Waals surface area contributed by atoms with Crippen LogP contribution in [0.4, 0.5) is 0 Å². The molecule has 1 unspecified atom stereocenters. The van der Waals surface area contributed by atoms with E-state index in [9.17, 15) is 0 Å². The SMILES string of the molecule is CCNC(c1ccoc1Cl)c1nccn1CC. The maximum absolute atomic E-state index is 6.04. The van der Waals surface area contributed by atoms with Gasteiger partial charge in [0.15, 0.2) is 5.22 Å². The highest BCUT2D eigenvalue weighted by molar-refractivity contribution is 6.29. The molecule has 2 aromatic heterocycles. The molecule has 0 aliphatic rings. The molecule has 2 heterocycles. The summed E-state index contributed by atoms with van der Waals surface area (Å²) in [6, 6.07) is 1.85. The largest absolute Gasteiger partial charge is 0.453 e. The minimum absolute atomic E-state index is 0.0267. The van der Waals surface area contributed by atoms with Gasteiger partial charge in [-0.25, -0.2) is 4.98 Å². The van der Waals surface area contributed by atoms with E-state index < -0.39 is 0 Å². The average Bonchev–Trinajstić information content (AvgIpc) is 2.94. The highest BCUT2D eigenvalue weighted by atomic mass is 35.5. The Morgan fingerprint density at radius 3 is 2.94 bits per heavy atom. The summed E-state index contributed by atoms with van der Waals surface area (Å²) in [4.78, 5) is 4.40. The summed E-state index contributed by atoms with van der Waals surface area (Å²) in [6.07, 6.45) is 5.37. The van der Waals surface area contributed by atoms with Gasteiger partial charge >= 0.3 is 0 Å². The number of nitrogens with zero attached hydrogens (tertiary/aromatic N) is 2. The molecule has 0 radical (unpaired) electrons. The van der Waals surface area contributed by atoms with Crippen molar-refractivity contribution in [2.24, 2.45) is 0 Å². The Morgan fingerprint density at radius 1 is 1.53 bits per heavy atom. The van der Waals surface area contributed by atoms with Crippen LogP contribution in [0, 0.1) is 0 Å². The molecule has 0 aromatic carbocycles. The number of rotatable bonds is 5. The zero-order valence-corrected chi connectivity index (χ0v) is 10.7. The molecule has 92 valence electrons. The summed E-state index contributed by atoms with van der Waals surface area (Å²) in [5.41, 5.74) is 0.925. The van der Waals surface area contributed by atoms with Gasteiger partial charge in [0.25, 0.3) is 0 Å². The van der Waals surface area contributed by atoms with Crippen LogP contribution in [-0.4, -0.2) is 16.1 Å². The predicted octanol–water partition coefficient (Wildman–Crippen LogP) is 2.85. The molecule has 5 heteroatoms. The van der Waals surface area contributed by atoms with Crippen LogP contribution in [0.1, 0.15) is 31.3 Å². The van der Waals surface area contributed by atoms with Crippen LogP contribution in [0.3, 0.4) is 0 Å². The lowest BCUT2D eigenvalue weighted by Crippen LogP contribution is -2.25. The molecular weight excluding hydrogens is 238 g/mol. The minimum atomic E-state index is -0.0267. The summed E-state index contributed by atoms with van der Waals surface area (Å²) < 4.78 is 7.25. The molecule has 0 saturated heterocycles. The third-order valence-electron chi connectivity index (χ3n) is 2.71. The first-order valence-corrected chi connectivity index (χ1v) is 6.13. The van der Waals surface area contributed by atoms with Gasteiger partial charge in [0.1, 0.15) is 5.82 Å². The molecule has 1 atom stereocenters. The highest BCUT2D eigenvalue weighted by Crippen LogP contribution is 2.28. The van der Waals surface area contributed by atoms with Gasteiger partial charge in [-0.05, 0) is 31.1 Å². The monoisotopic (exact) mass is 253 g/mol. The van der Waals surface area contributed by atoms with E-state index in [1.54, 1.807) is 12.5 Å². The third kappa shape index (κ3) is 2.37. The van der Waals surface area contributed by atoms with Gasteiger partial charge in [0, 0.05) is 24.5 Å². The summed E-state index contributed by atoms with van der Waals surface area (Å²) in [5.74, 6) is 0.956. The number of hydrogen-bond acceptors (Lipinski definition) is 3. The average molecular weight is 254 g/mol. The molecule has 0 saturated carbocycles. The number of aryl methyl sites for hydroxylation is 1. The summed E-state index contributed by atoms with van der Waals surface area (Å²) in [7, 11) is 0. The Bertz CT molecular complexity index is 478. The normalized spacial score (nSPS) is 12.9. The van der Waals surface area contributed by atoms with Crippen molar-refractivity contribution >= 4 is 11.6 Å². The van der Waals surface area contributed by atoms with E-state index in [0.29, 0.717) is 5.22 Å². The van der Waals surface area contributed by atoms with Crippen molar-refractivity contribution in [2.45, 2.75) is 26.4 Å². The Hall–Kier alpha value is -1.26. The first kappa shape index (κ1) is 12.2. The van der Waals surface area contributed by atoms with Gasteiger partial charge in [-0.1, -0.05) is 6.92 Å². The standard InChI is InChI=1S/C12H16ClN3O/c1-3-14-10(9-5-8-17-11(9)13)12-15-6-7-16(12)4-2/h5-8,10,14H,3-4H2,1-2H3. The number of hydrogen-bond donors (Lipinski definition) is 1. The summed E-state index contributed by atoms with van der Waals surface area (Å²) in [6.45, 7) is 5.86. The van der Waals surface area contributed by atoms with E-state index in [0.717, 1.165) is 24.5 Å². The fraction of sp³-hybridized carbons (Fsp3) is 0.417. The Balaban J connectivity index is 2.39. The lowest BCUT2D eigenvalue weighted by atomic mass is 10.1. The molecule has 2 rings (SSSR count). The molecule has 0 spiro atoms. The lowest BCUT2D eigenvalue weighted by molar-refractivity contribution is 0.535. The third-order valence-corrected chi connectivity index (χ3v) is 3.02. The van der Waals surface area contributed by atoms with Gasteiger partial charge in [-0.2, -0.15) is 0 Å². The molecule has 4 nitrogen and oxygen atoms in total. The molecule has 0 aliphatic carbocycles. The van der Waals surface area contributed by atoms with E-state index in [2.05, 4.69) is 28.7 Å². The van der Waals surface area contributed by atoms with Crippen LogP contribution in [0.15, 0.2) is 29.1 Å². The fourth-order valence-electron chi connectivity index (χ4n) is 1.90. The molecule has 17 heavy (non-hydrogen) atoms. The van der Waals surface area contributed by atoms with Gasteiger partial charge in [0.05, 0.1) is 12.3 Å². The van der Waals surface area contributed by atoms with Crippen LogP contribution in [-0.2, 0) is 6.54 Å².